The van der Waals surface area contributed by atoms with Gasteiger partial charge in [-0.1, -0.05) is 24.3 Å². The largest absolute Gasteiger partial charge is 0.488 e. The Balaban J connectivity index is 2.67. The first-order valence-electron chi connectivity index (χ1n) is 8.80. The average Bonchev–Trinajstić information content (AvgIpc) is 2.61. The minimum Gasteiger partial charge on any atom is -0.463 e. The second-order valence-electron chi connectivity index (χ2n) is 6.12. The summed E-state index contributed by atoms with van der Waals surface area (Å²) >= 11 is 0. The van der Waals surface area contributed by atoms with Crippen molar-refractivity contribution in [3.05, 3.63) is 52.4 Å². The number of benzene rings is 1. The Kier molecular flexibility index (Phi) is 6.82. The van der Waals surface area contributed by atoms with Crippen LogP contribution in [0.3, 0.4) is 0 Å². The van der Waals surface area contributed by atoms with Crippen molar-refractivity contribution in [3.63, 3.8) is 0 Å². The molecule has 0 aliphatic carbocycles. The molecule has 7 nitrogen and oxygen atoms in total. The van der Waals surface area contributed by atoms with Crippen molar-refractivity contribution in [2.75, 3.05) is 13.2 Å². The zero-order chi connectivity index (χ0) is 20.1. The monoisotopic (exact) mass is 373 g/mol. The van der Waals surface area contributed by atoms with Gasteiger partial charge in [0.1, 0.15) is 0 Å². The summed E-state index contributed by atoms with van der Waals surface area (Å²) in [6.07, 6.45) is 0. The third-order valence-electron chi connectivity index (χ3n) is 4.29. The first-order chi connectivity index (χ1) is 12.8. The van der Waals surface area contributed by atoms with Gasteiger partial charge in [-0.05, 0) is 38.7 Å². The van der Waals surface area contributed by atoms with E-state index in [2.05, 4.69) is 5.32 Å². The Bertz CT molecular complexity index is 759. The number of carbonyl (C=O) groups is 2. The molecule has 8 heteroatoms. The van der Waals surface area contributed by atoms with Gasteiger partial charge in [0.15, 0.2) is 0 Å². The Hall–Kier alpha value is -2.58. The molecular formula is C19H24BNO6. The van der Waals surface area contributed by atoms with E-state index in [1.807, 2.05) is 0 Å². The van der Waals surface area contributed by atoms with Crippen LogP contribution in [0, 0.1) is 0 Å². The highest BCUT2D eigenvalue weighted by molar-refractivity contribution is 6.58. The number of rotatable bonds is 6. The quantitative estimate of drug-likeness (QED) is 0.499. The van der Waals surface area contributed by atoms with Crippen LogP contribution in [0.5, 0.6) is 0 Å². The van der Waals surface area contributed by atoms with E-state index >= 15 is 0 Å². The van der Waals surface area contributed by atoms with Crippen molar-refractivity contribution in [2.45, 2.75) is 33.6 Å². The standard InChI is InChI=1S/C19H24BNO6/c1-5-26-18(22)15-11(3)21-12(4)16(19(23)27-6-2)17(15)13-8-7-9-14(10-13)20(24)25/h7-10,17,21,24-25H,5-6H2,1-4H3. The molecular weight excluding hydrogens is 349 g/mol. The van der Waals surface area contributed by atoms with Crippen LogP contribution in [0.4, 0.5) is 0 Å². The second-order valence-corrected chi connectivity index (χ2v) is 6.12. The molecule has 0 radical (unpaired) electrons. The van der Waals surface area contributed by atoms with E-state index in [0.717, 1.165) is 0 Å². The maximum absolute atomic E-state index is 12.7. The minimum atomic E-state index is -1.67. The molecule has 0 saturated carbocycles. The molecule has 2 rings (SSSR count). The molecule has 0 atom stereocenters. The normalized spacial score (nSPS) is 14.7. The van der Waals surface area contributed by atoms with Gasteiger partial charge in [0.25, 0.3) is 0 Å². The van der Waals surface area contributed by atoms with Gasteiger partial charge >= 0.3 is 19.1 Å². The Morgan fingerprint density at radius 2 is 1.56 bits per heavy atom. The number of nitrogens with one attached hydrogen (secondary N) is 1. The van der Waals surface area contributed by atoms with Crippen molar-refractivity contribution >= 4 is 24.5 Å². The second kappa shape index (κ2) is 8.88. The maximum Gasteiger partial charge on any atom is 0.488 e. The van der Waals surface area contributed by atoms with E-state index in [-0.39, 0.29) is 29.8 Å². The zero-order valence-electron chi connectivity index (χ0n) is 15.9. The Morgan fingerprint density at radius 1 is 1.04 bits per heavy atom. The number of carbonyl (C=O) groups excluding carboxylic acids is 2. The third-order valence-corrected chi connectivity index (χ3v) is 4.29. The molecule has 27 heavy (non-hydrogen) atoms. The highest BCUT2D eigenvalue weighted by Crippen LogP contribution is 2.38. The molecule has 1 aliphatic rings. The van der Waals surface area contributed by atoms with Gasteiger partial charge < -0.3 is 24.8 Å². The van der Waals surface area contributed by atoms with E-state index < -0.39 is 25.0 Å². The number of allylic oxidation sites excluding steroid dienone is 2. The fourth-order valence-electron chi connectivity index (χ4n) is 3.19. The van der Waals surface area contributed by atoms with E-state index in [0.29, 0.717) is 17.0 Å². The summed E-state index contributed by atoms with van der Waals surface area (Å²) in [5.41, 5.74) is 2.53. The van der Waals surface area contributed by atoms with Crippen molar-refractivity contribution in [1.29, 1.82) is 0 Å². The van der Waals surface area contributed by atoms with Crippen LogP contribution in [0.2, 0.25) is 0 Å². The van der Waals surface area contributed by atoms with Crippen molar-refractivity contribution in [3.8, 4) is 0 Å². The highest BCUT2D eigenvalue weighted by Gasteiger charge is 2.38. The van der Waals surface area contributed by atoms with Crippen LogP contribution in [0.1, 0.15) is 39.2 Å². The summed E-state index contributed by atoms with van der Waals surface area (Å²) in [7, 11) is -1.67. The molecule has 0 spiro atoms. The molecule has 1 aromatic carbocycles. The molecule has 0 aromatic heterocycles. The molecule has 0 amide bonds. The lowest BCUT2D eigenvalue weighted by Crippen LogP contribution is -2.34. The molecule has 0 fully saturated rings. The van der Waals surface area contributed by atoms with Gasteiger partial charge in [-0.2, -0.15) is 0 Å². The van der Waals surface area contributed by atoms with Gasteiger partial charge in [-0.25, -0.2) is 9.59 Å². The average molecular weight is 373 g/mol. The van der Waals surface area contributed by atoms with Gasteiger partial charge in [0.05, 0.1) is 30.3 Å². The predicted octanol–water partition coefficient (Wildman–Crippen LogP) is 0.727. The molecule has 0 unspecified atom stereocenters. The fraction of sp³-hybridized carbons (Fsp3) is 0.368. The molecule has 3 N–H and O–H groups in total. The van der Waals surface area contributed by atoms with Gasteiger partial charge in [-0.15, -0.1) is 0 Å². The maximum atomic E-state index is 12.7. The molecule has 1 aliphatic heterocycles. The summed E-state index contributed by atoms with van der Waals surface area (Å²) in [6.45, 7) is 7.25. The number of dihydropyridines is 1. The summed E-state index contributed by atoms with van der Waals surface area (Å²) in [6, 6.07) is 6.47. The SMILES string of the molecule is CCOC(=O)C1=C(C)NC(C)=C(C(=O)OCC)C1c1cccc(B(O)O)c1. The fourth-order valence-corrected chi connectivity index (χ4v) is 3.19. The van der Waals surface area contributed by atoms with Crippen LogP contribution < -0.4 is 10.8 Å². The lowest BCUT2D eigenvalue weighted by Gasteiger charge is -2.30. The molecule has 1 aromatic rings. The van der Waals surface area contributed by atoms with Crippen LogP contribution >= 0.6 is 0 Å². The van der Waals surface area contributed by atoms with E-state index in [1.54, 1.807) is 52.0 Å². The van der Waals surface area contributed by atoms with Crippen LogP contribution in [0.25, 0.3) is 0 Å². The van der Waals surface area contributed by atoms with Gasteiger partial charge in [0, 0.05) is 11.4 Å². The first-order valence-corrected chi connectivity index (χ1v) is 8.80. The summed E-state index contributed by atoms with van der Waals surface area (Å²) in [4.78, 5) is 25.3. The lowest BCUT2D eigenvalue weighted by molar-refractivity contribution is -0.139. The van der Waals surface area contributed by atoms with Crippen molar-refractivity contribution in [2.24, 2.45) is 0 Å². The number of hydrogen-bond donors (Lipinski definition) is 3. The number of esters is 2. The van der Waals surface area contributed by atoms with Crippen LogP contribution in [0.15, 0.2) is 46.8 Å². The lowest BCUT2D eigenvalue weighted by atomic mass is 9.75. The molecule has 144 valence electrons. The Labute approximate surface area is 158 Å². The van der Waals surface area contributed by atoms with Crippen LogP contribution in [-0.2, 0) is 19.1 Å². The topological polar surface area (TPSA) is 105 Å². The molecule has 1 heterocycles. The smallest absolute Gasteiger partial charge is 0.463 e. The van der Waals surface area contributed by atoms with E-state index in [4.69, 9.17) is 9.47 Å². The van der Waals surface area contributed by atoms with Gasteiger partial charge in [0.2, 0.25) is 0 Å². The van der Waals surface area contributed by atoms with E-state index in [1.165, 1.54) is 0 Å². The minimum absolute atomic E-state index is 0.190. The predicted molar refractivity (Wildman–Crippen MR) is 101 cm³/mol. The summed E-state index contributed by atoms with van der Waals surface area (Å²) < 4.78 is 10.4. The summed E-state index contributed by atoms with van der Waals surface area (Å²) in [5, 5.41) is 22.1. The third kappa shape index (κ3) is 4.40. The van der Waals surface area contributed by atoms with Crippen molar-refractivity contribution in [1.82, 2.24) is 5.32 Å². The molecule has 0 saturated heterocycles. The molecule has 0 bridgehead atoms. The van der Waals surface area contributed by atoms with Gasteiger partial charge in [-0.3, -0.25) is 0 Å². The highest BCUT2D eigenvalue weighted by atomic mass is 16.5. The summed E-state index contributed by atoms with van der Waals surface area (Å²) in [5.74, 6) is -1.84. The zero-order valence-corrected chi connectivity index (χ0v) is 15.9. The first kappa shape index (κ1) is 20.7. The van der Waals surface area contributed by atoms with Crippen LogP contribution in [-0.4, -0.2) is 42.3 Å². The Morgan fingerprint density at radius 3 is 2.00 bits per heavy atom. The number of ether oxygens (including phenoxy) is 2. The number of hydrogen-bond acceptors (Lipinski definition) is 7. The van der Waals surface area contributed by atoms with Crippen molar-refractivity contribution < 1.29 is 29.1 Å². The van der Waals surface area contributed by atoms with E-state index in [9.17, 15) is 19.6 Å².